The number of nitrogens with zero attached hydrogens (tertiary/aromatic N) is 1. The first-order chi connectivity index (χ1) is 9.05. The second-order valence-electron chi connectivity index (χ2n) is 4.51. The maximum Gasteiger partial charge on any atom is 0.405 e. The third-order valence-corrected chi connectivity index (χ3v) is 3.26. The molecule has 0 spiro atoms. The molecule has 1 aliphatic rings. The van der Waals surface area contributed by atoms with E-state index >= 15 is 0 Å². The monoisotopic (exact) mass is 259 g/mol. The molecule has 0 atom stereocenters. The zero-order chi connectivity index (χ0) is 13.9. The molecule has 19 heavy (non-hydrogen) atoms. The van der Waals surface area contributed by atoms with Crippen LogP contribution in [0.1, 0.15) is 24.8 Å². The number of carbonyl (C=O) groups excluding carboxylic acids is 1. The van der Waals surface area contributed by atoms with Crippen LogP contribution in [0.15, 0.2) is 24.3 Å². The molecule has 3 N–H and O–H groups in total. The molecule has 0 unspecified atom stereocenters. The predicted octanol–water partition coefficient (Wildman–Crippen LogP) is 1.69. The van der Waals surface area contributed by atoms with Gasteiger partial charge in [-0.05, 0) is 43.5 Å². The van der Waals surface area contributed by atoms with Crippen molar-refractivity contribution >= 4 is 17.7 Å². The number of nitrogens with one attached hydrogen (secondary N) is 2. The normalized spacial score (nSPS) is 15.7. The van der Waals surface area contributed by atoms with Crippen LogP contribution < -0.4 is 10.6 Å². The Bertz CT molecular complexity index is 541. The lowest BCUT2D eigenvalue weighted by molar-refractivity contribution is -0.125. The highest BCUT2D eigenvalue weighted by atomic mass is 16.4. The Morgan fingerprint density at radius 3 is 2.32 bits per heavy atom. The second-order valence-corrected chi connectivity index (χ2v) is 4.51. The van der Waals surface area contributed by atoms with Crippen LogP contribution in [0.5, 0.6) is 0 Å². The fourth-order valence-electron chi connectivity index (χ4n) is 2.02. The lowest BCUT2D eigenvalue weighted by Crippen LogP contribution is -2.60. The molecule has 0 aromatic heterocycles. The van der Waals surface area contributed by atoms with Crippen molar-refractivity contribution in [3.63, 3.8) is 0 Å². The fourth-order valence-corrected chi connectivity index (χ4v) is 2.02. The van der Waals surface area contributed by atoms with Gasteiger partial charge in [-0.15, -0.1) is 0 Å². The molecule has 6 nitrogen and oxygen atoms in total. The van der Waals surface area contributed by atoms with Crippen molar-refractivity contribution in [3.8, 4) is 6.07 Å². The summed E-state index contributed by atoms with van der Waals surface area (Å²) >= 11 is 0. The zero-order valence-electron chi connectivity index (χ0n) is 10.1. The molecule has 98 valence electrons. The molecule has 1 aromatic rings. The SMILES string of the molecule is N#Cc1ccc(NC(=O)C2(NC(=O)O)CCC2)cc1. The molecular formula is C13H13N3O3. The molecule has 0 heterocycles. The van der Waals surface area contributed by atoms with Crippen molar-refractivity contribution < 1.29 is 14.7 Å². The minimum absolute atomic E-state index is 0.356. The highest BCUT2D eigenvalue weighted by molar-refractivity contribution is 6.00. The summed E-state index contributed by atoms with van der Waals surface area (Å²) in [5.74, 6) is -0.356. The van der Waals surface area contributed by atoms with Crippen molar-refractivity contribution in [1.29, 1.82) is 5.26 Å². The molecule has 1 aliphatic carbocycles. The first-order valence-electron chi connectivity index (χ1n) is 5.88. The van der Waals surface area contributed by atoms with Gasteiger partial charge in [0, 0.05) is 5.69 Å². The zero-order valence-corrected chi connectivity index (χ0v) is 10.1. The molecule has 1 aromatic carbocycles. The Kier molecular flexibility index (Phi) is 3.38. The summed E-state index contributed by atoms with van der Waals surface area (Å²) in [5, 5.41) is 22.4. The van der Waals surface area contributed by atoms with E-state index in [0.29, 0.717) is 24.1 Å². The molecule has 2 amide bonds. The molecule has 2 rings (SSSR count). The summed E-state index contributed by atoms with van der Waals surface area (Å²) in [4.78, 5) is 22.8. The first kappa shape index (κ1) is 12.9. The Hall–Kier alpha value is -2.55. The van der Waals surface area contributed by atoms with Crippen molar-refractivity contribution in [1.82, 2.24) is 5.32 Å². The molecule has 0 radical (unpaired) electrons. The largest absolute Gasteiger partial charge is 0.465 e. The van der Waals surface area contributed by atoms with Gasteiger partial charge in [0.05, 0.1) is 11.6 Å². The van der Waals surface area contributed by atoms with E-state index in [1.54, 1.807) is 24.3 Å². The maximum atomic E-state index is 12.1. The van der Waals surface area contributed by atoms with Crippen molar-refractivity contribution in [2.45, 2.75) is 24.8 Å². The van der Waals surface area contributed by atoms with E-state index in [2.05, 4.69) is 10.6 Å². The van der Waals surface area contributed by atoms with Crippen LogP contribution in [0.4, 0.5) is 10.5 Å². The van der Waals surface area contributed by atoms with Gasteiger partial charge >= 0.3 is 6.09 Å². The summed E-state index contributed by atoms with van der Waals surface area (Å²) in [6, 6.07) is 8.39. The summed E-state index contributed by atoms with van der Waals surface area (Å²) in [5.41, 5.74) is 0.0298. The number of anilines is 1. The highest BCUT2D eigenvalue weighted by Gasteiger charge is 2.45. The smallest absolute Gasteiger partial charge is 0.405 e. The maximum absolute atomic E-state index is 12.1. The number of nitriles is 1. The summed E-state index contributed by atoms with van der Waals surface area (Å²) in [6.45, 7) is 0. The Morgan fingerprint density at radius 2 is 1.89 bits per heavy atom. The average Bonchev–Trinajstić information content (AvgIpc) is 2.34. The molecule has 6 heteroatoms. The van der Waals surface area contributed by atoms with Gasteiger partial charge in [0.15, 0.2) is 0 Å². The van der Waals surface area contributed by atoms with E-state index in [1.165, 1.54) is 0 Å². The molecule has 1 saturated carbocycles. The number of carbonyl (C=O) groups is 2. The van der Waals surface area contributed by atoms with E-state index < -0.39 is 11.6 Å². The van der Waals surface area contributed by atoms with Crippen molar-refractivity contribution in [2.75, 3.05) is 5.32 Å². The van der Waals surface area contributed by atoms with E-state index in [1.807, 2.05) is 6.07 Å². The number of rotatable bonds is 3. The van der Waals surface area contributed by atoms with Gasteiger partial charge in [0.25, 0.3) is 0 Å². The van der Waals surface area contributed by atoms with E-state index in [-0.39, 0.29) is 5.91 Å². The molecule has 0 bridgehead atoms. The van der Waals surface area contributed by atoms with Crippen LogP contribution in [-0.2, 0) is 4.79 Å². The van der Waals surface area contributed by atoms with Crippen LogP contribution in [0, 0.1) is 11.3 Å². The Morgan fingerprint density at radius 1 is 1.26 bits per heavy atom. The van der Waals surface area contributed by atoms with Crippen molar-refractivity contribution in [2.24, 2.45) is 0 Å². The van der Waals surface area contributed by atoms with Gasteiger partial charge in [-0.3, -0.25) is 4.79 Å². The molecular weight excluding hydrogens is 246 g/mol. The molecule has 0 aliphatic heterocycles. The highest BCUT2D eigenvalue weighted by Crippen LogP contribution is 2.33. The van der Waals surface area contributed by atoms with E-state index in [9.17, 15) is 9.59 Å². The first-order valence-corrected chi connectivity index (χ1v) is 5.88. The standard InChI is InChI=1S/C13H13N3O3/c14-8-9-2-4-10(5-3-9)15-11(17)13(6-1-7-13)16-12(18)19/h2-5,16H,1,6-7H2,(H,15,17)(H,18,19). The van der Waals surface area contributed by atoms with Gasteiger partial charge < -0.3 is 15.7 Å². The van der Waals surface area contributed by atoms with Gasteiger partial charge in [-0.25, -0.2) is 4.79 Å². The minimum atomic E-state index is -1.20. The van der Waals surface area contributed by atoms with Crippen LogP contribution in [0.3, 0.4) is 0 Å². The number of carboxylic acid groups (broad SMARTS) is 1. The summed E-state index contributed by atoms with van der Waals surface area (Å²) in [6.07, 6.45) is 0.624. The van der Waals surface area contributed by atoms with E-state index in [0.717, 1.165) is 6.42 Å². The second kappa shape index (κ2) is 4.98. The third-order valence-electron chi connectivity index (χ3n) is 3.26. The van der Waals surface area contributed by atoms with Gasteiger partial charge in [0.2, 0.25) is 5.91 Å². The van der Waals surface area contributed by atoms with Gasteiger partial charge in [-0.1, -0.05) is 0 Å². The van der Waals surface area contributed by atoms with Crippen LogP contribution in [0.25, 0.3) is 0 Å². The summed E-state index contributed by atoms with van der Waals surface area (Å²) < 4.78 is 0. The van der Waals surface area contributed by atoms with Crippen LogP contribution in [0.2, 0.25) is 0 Å². The van der Waals surface area contributed by atoms with Gasteiger partial charge in [-0.2, -0.15) is 5.26 Å². The number of hydrogen-bond donors (Lipinski definition) is 3. The third kappa shape index (κ3) is 2.65. The molecule has 1 fully saturated rings. The fraction of sp³-hybridized carbons (Fsp3) is 0.308. The van der Waals surface area contributed by atoms with Crippen LogP contribution in [-0.4, -0.2) is 22.6 Å². The average molecular weight is 259 g/mol. The lowest BCUT2D eigenvalue weighted by atomic mass is 9.76. The lowest BCUT2D eigenvalue weighted by Gasteiger charge is -2.39. The summed E-state index contributed by atoms with van der Waals surface area (Å²) in [7, 11) is 0. The Balaban J connectivity index is 2.07. The molecule has 0 saturated heterocycles. The topological polar surface area (TPSA) is 102 Å². The number of benzene rings is 1. The van der Waals surface area contributed by atoms with Crippen LogP contribution >= 0.6 is 0 Å². The van der Waals surface area contributed by atoms with E-state index in [4.69, 9.17) is 10.4 Å². The predicted molar refractivity (Wildman–Crippen MR) is 67.5 cm³/mol. The van der Waals surface area contributed by atoms with Gasteiger partial charge in [0.1, 0.15) is 5.54 Å². The minimum Gasteiger partial charge on any atom is -0.465 e. The number of amides is 2. The quantitative estimate of drug-likeness (QED) is 0.768. The van der Waals surface area contributed by atoms with Crippen molar-refractivity contribution in [3.05, 3.63) is 29.8 Å². The Labute approximate surface area is 110 Å². The number of hydrogen-bond acceptors (Lipinski definition) is 3.